The van der Waals surface area contributed by atoms with Crippen molar-refractivity contribution in [1.29, 1.82) is 0 Å². The summed E-state index contributed by atoms with van der Waals surface area (Å²) in [6, 6.07) is 8.12. The standard InChI is InChI=1S/C21H36N4O.HI/c1-16-12-17(2)14-25(13-16)21(3,4)15-24-20(22)23-11-10-18-6-8-19(26-5)9-7-18;/h6-9,16-17H,10-15H2,1-5H3,(H3,22,23,24);1H. The number of nitrogens with two attached hydrogens (primary N) is 1. The van der Waals surface area contributed by atoms with Crippen LogP contribution in [-0.4, -0.2) is 49.7 Å². The molecule has 1 saturated heterocycles. The van der Waals surface area contributed by atoms with Crippen LogP contribution in [0.15, 0.2) is 29.3 Å². The van der Waals surface area contributed by atoms with Crippen molar-refractivity contribution in [2.24, 2.45) is 22.6 Å². The highest BCUT2D eigenvalue weighted by Crippen LogP contribution is 2.27. The number of nitrogens with one attached hydrogen (secondary N) is 1. The van der Waals surface area contributed by atoms with E-state index in [0.717, 1.165) is 43.6 Å². The van der Waals surface area contributed by atoms with E-state index in [4.69, 9.17) is 10.5 Å². The number of benzene rings is 1. The van der Waals surface area contributed by atoms with Crippen molar-refractivity contribution in [3.63, 3.8) is 0 Å². The van der Waals surface area contributed by atoms with Gasteiger partial charge in [-0.3, -0.25) is 9.89 Å². The first-order chi connectivity index (χ1) is 12.3. The van der Waals surface area contributed by atoms with E-state index in [1.54, 1.807) is 7.11 Å². The van der Waals surface area contributed by atoms with Crippen LogP contribution in [0, 0.1) is 11.8 Å². The maximum atomic E-state index is 6.08. The van der Waals surface area contributed by atoms with E-state index in [2.05, 4.69) is 55.0 Å². The van der Waals surface area contributed by atoms with Crippen molar-refractivity contribution in [2.45, 2.75) is 46.1 Å². The van der Waals surface area contributed by atoms with Gasteiger partial charge < -0.3 is 15.8 Å². The Bertz CT molecular complexity index is 578. The van der Waals surface area contributed by atoms with Crippen LogP contribution in [0.3, 0.4) is 0 Å². The van der Waals surface area contributed by atoms with Gasteiger partial charge in [0, 0.05) is 25.2 Å². The molecule has 2 atom stereocenters. The van der Waals surface area contributed by atoms with Gasteiger partial charge in [-0.1, -0.05) is 26.0 Å². The Hall–Kier alpha value is -1.02. The third-order valence-electron chi connectivity index (χ3n) is 5.24. The average molecular weight is 488 g/mol. The molecule has 3 N–H and O–H groups in total. The molecule has 1 heterocycles. The fourth-order valence-corrected chi connectivity index (χ4v) is 3.72. The summed E-state index contributed by atoms with van der Waals surface area (Å²) in [5.41, 5.74) is 7.36. The molecular formula is C21H37IN4O. The lowest BCUT2D eigenvalue weighted by Gasteiger charge is -2.44. The SMILES string of the molecule is COc1ccc(CCNC(N)=NCC(C)(C)N2CC(C)CC(C)C2)cc1.I. The number of piperidine rings is 1. The fourth-order valence-electron chi connectivity index (χ4n) is 3.72. The van der Waals surface area contributed by atoms with Crippen LogP contribution in [0.25, 0.3) is 0 Å². The first-order valence-electron chi connectivity index (χ1n) is 9.72. The van der Waals surface area contributed by atoms with Gasteiger partial charge >= 0.3 is 0 Å². The molecule has 1 aromatic rings. The van der Waals surface area contributed by atoms with Gasteiger partial charge in [0.2, 0.25) is 0 Å². The van der Waals surface area contributed by atoms with Gasteiger partial charge in [0.1, 0.15) is 5.75 Å². The number of rotatable bonds is 7. The first-order valence-corrected chi connectivity index (χ1v) is 9.72. The highest BCUT2D eigenvalue weighted by atomic mass is 127. The van der Waals surface area contributed by atoms with E-state index in [1.165, 1.54) is 12.0 Å². The highest BCUT2D eigenvalue weighted by Gasteiger charge is 2.32. The Morgan fingerprint density at radius 1 is 1.22 bits per heavy atom. The monoisotopic (exact) mass is 488 g/mol. The molecule has 1 aromatic carbocycles. The van der Waals surface area contributed by atoms with Gasteiger partial charge in [-0.2, -0.15) is 0 Å². The van der Waals surface area contributed by atoms with E-state index in [9.17, 15) is 0 Å². The maximum Gasteiger partial charge on any atom is 0.188 e. The van der Waals surface area contributed by atoms with Gasteiger partial charge in [0.15, 0.2) is 5.96 Å². The summed E-state index contributed by atoms with van der Waals surface area (Å²) in [6.07, 6.45) is 2.23. The molecule has 0 bridgehead atoms. The molecule has 1 aliphatic rings. The molecule has 2 rings (SSSR count). The minimum absolute atomic E-state index is 0. The van der Waals surface area contributed by atoms with Gasteiger partial charge in [-0.05, 0) is 56.2 Å². The van der Waals surface area contributed by atoms with E-state index in [0.29, 0.717) is 12.5 Å². The van der Waals surface area contributed by atoms with Gasteiger partial charge in [-0.25, -0.2) is 0 Å². The smallest absolute Gasteiger partial charge is 0.188 e. The molecule has 0 radical (unpaired) electrons. The number of guanidine groups is 1. The van der Waals surface area contributed by atoms with Crippen LogP contribution >= 0.6 is 24.0 Å². The molecule has 6 heteroatoms. The molecule has 0 saturated carbocycles. The number of hydrogen-bond donors (Lipinski definition) is 2. The Balaban J connectivity index is 0.00000364. The largest absolute Gasteiger partial charge is 0.497 e. The second-order valence-electron chi connectivity index (χ2n) is 8.39. The Morgan fingerprint density at radius 3 is 2.37 bits per heavy atom. The van der Waals surface area contributed by atoms with Crippen molar-refractivity contribution >= 4 is 29.9 Å². The number of hydrogen-bond acceptors (Lipinski definition) is 3. The number of halogens is 1. The lowest BCUT2D eigenvalue weighted by molar-refractivity contribution is 0.0513. The predicted molar refractivity (Wildman–Crippen MR) is 125 cm³/mol. The van der Waals surface area contributed by atoms with Crippen molar-refractivity contribution in [2.75, 3.05) is 33.3 Å². The minimum atomic E-state index is 0. The number of methoxy groups -OCH3 is 1. The van der Waals surface area contributed by atoms with Gasteiger partial charge in [-0.15, -0.1) is 24.0 Å². The summed E-state index contributed by atoms with van der Waals surface area (Å²) in [5, 5.41) is 3.23. The lowest BCUT2D eigenvalue weighted by atomic mass is 9.88. The molecule has 27 heavy (non-hydrogen) atoms. The second-order valence-corrected chi connectivity index (χ2v) is 8.39. The van der Waals surface area contributed by atoms with Crippen LogP contribution in [0.2, 0.25) is 0 Å². The Kier molecular flexibility index (Phi) is 9.87. The van der Waals surface area contributed by atoms with Crippen molar-refractivity contribution < 1.29 is 4.74 Å². The first kappa shape index (κ1) is 24.0. The summed E-state index contributed by atoms with van der Waals surface area (Å²) >= 11 is 0. The lowest BCUT2D eigenvalue weighted by Crippen LogP contribution is -2.53. The summed E-state index contributed by atoms with van der Waals surface area (Å²) in [4.78, 5) is 7.17. The van der Waals surface area contributed by atoms with E-state index in [1.807, 2.05) is 12.1 Å². The fraction of sp³-hybridized carbons (Fsp3) is 0.667. The van der Waals surface area contributed by atoms with Crippen LogP contribution in [-0.2, 0) is 6.42 Å². The average Bonchev–Trinajstić information content (AvgIpc) is 2.60. The molecule has 1 fully saturated rings. The summed E-state index contributed by atoms with van der Waals surface area (Å²) in [6.45, 7) is 13.0. The molecule has 0 aliphatic carbocycles. The van der Waals surface area contributed by atoms with Crippen LogP contribution < -0.4 is 15.8 Å². The number of ether oxygens (including phenoxy) is 1. The van der Waals surface area contributed by atoms with E-state index >= 15 is 0 Å². The molecule has 5 nitrogen and oxygen atoms in total. The molecule has 0 amide bonds. The summed E-state index contributed by atoms with van der Waals surface area (Å²) in [5.74, 6) is 2.92. The molecule has 1 aliphatic heterocycles. The van der Waals surface area contributed by atoms with Crippen LogP contribution in [0.4, 0.5) is 0 Å². The zero-order chi connectivity index (χ0) is 19.2. The van der Waals surface area contributed by atoms with Crippen molar-refractivity contribution in [1.82, 2.24) is 10.2 Å². The van der Waals surface area contributed by atoms with Crippen LogP contribution in [0.5, 0.6) is 5.75 Å². The number of nitrogens with zero attached hydrogens (tertiary/aromatic N) is 2. The van der Waals surface area contributed by atoms with Crippen molar-refractivity contribution in [3.8, 4) is 5.75 Å². The molecule has 0 aromatic heterocycles. The molecule has 2 unspecified atom stereocenters. The maximum absolute atomic E-state index is 6.08. The molecular weight excluding hydrogens is 451 g/mol. The molecule has 154 valence electrons. The Labute approximate surface area is 182 Å². The molecule has 0 spiro atoms. The quantitative estimate of drug-likeness (QED) is 0.350. The Morgan fingerprint density at radius 2 is 1.81 bits per heavy atom. The van der Waals surface area contributed by atoms with Gasteiger partial charge in [0.25, 0.3) is 0 Å². The third kappa shape index (κ3) is 7.86. The minimum Gasteiger partial charge on any atom is -0.497 e. The number of likely N-dealkylation sites (tertiary alicyclic amines) is 1. The zero-order valence-electron chi connectivity index (χ0n) is 17.5. The predicted octanol–water partition coefficient (Wildman–Crippen LogP) is 3.52. The van der Waals surface area contributed by atoms with E-state index < -0.39 is 0 Å². The van der Waals surface area contributed by atoms with E-state index in [-0.39, 0.29) is 29.5 Å². The zero-order valence-corrected chi connectivity index (χ0v) is 19.8. The summed E-state index contributed by atoms with van der Waals surface area (Å²) < 4.78 is 5.18. The van der Waals surface area contributed by atoms with Crippen molar-refractivity contribution in [3.05, 3.63) is 29.8 Å². The van der Waals surface area contributed by atoms with Crippen LogP contribution in [0.1, 0.15) is 39.7 Å². The third-order valence-corrected chi connectivity index (χ3v) is 5.24. The summed E-state index contributed by atoms with van der Waals surface area (Å²) in [7, 11) is 1.68. The highest BCUT2D eigenvalue weighted by molar-refractivity contribution is 14.0. The number of aliphatic imine (C=N–C) groups is 1. The second kappa shape index (κ2) is 11.1. The normalized spacial score (nSPS) is 21.4. The topological polar surface area (TPSA) is 62.9 Å². The van der Waals surface area contributed by atoms with Gasteiger partial charge in [0.05, 0.1) is 13.7 Å².